The highest BCUT2D eigenvalue weighted by atomic mass is 19.1. The second kappa shape index (κ2) is 5.26. The summed E-state index contributed by atoms with van der Waals surface area (Å²) in [5, 5.41) is 2.02. The first kappa shape index (κ1) is 13.7. The van der Waals surface area contributed by atoms with Gasteiger partial charge in [0, 0.05) is 23.3 Å². The molecule has 0 bridgehead atoms. The summed E-state index contributed by atoms with van der Waals surface area (Å²) >= 11 is 0. The molecule has 2 nitrogen and oxygen atoms in total. The van der Waals surface area contributed by atoms with Crippen molar-refractivity contribution in [2.45, 2.75) is 18.9 Å². The van der Waals surface area contributed by atoms with Crippen LogP contribution in [0.2, 0.25) is 0 Å². The summed E-state index contributed by atoms with van der Waals surface area (Å²) in [4.78, 5) is 4.14. The number of fused-ring (bicyclic) bond motifs is 1. The van der Waals surface area contributed by atoms with Gasteiger partial charge in [-0.1, -0.05) is 43.3 Å². The summed E-state index contributed by atoms with van der Waals surface area (Å²) in [6, 6.07) is 14.6. The Labute approximate surface area is 123 Å². The minimum atomic E-state index is -0.855. The lowest BCUT2D eigenvalue weighted by Gasteiger charge is -2.31. The standard InChI is InChI=1S/C18H17FN2/c1-2-18(20,16-7-3-4-9-17(16)19)15-8-5-6-13-12-21-11-10-14(13)15/h3-12H,2,20H2,1H3. The van der Waals surface area contributed by atoms with Crippen LogP contribution in [-0.2, 0) is 5.54 Å². The summed E-state index contributed by atoms with van der Waals surface area (Å²) in [5.74, 6) is -0.270. The molecule has 21 heavy (non-hydrogen) atoms. The van der Waals surface area contributed by atoms with E-state index in [0.717, 1.165) is 16.3 Å². The van der Waals surface area contributed by atoms with Crippen LogP contribution in [-0.4, -0.2) is 4.98 Å². The average Bonchev–Trinajstić information content (AvgIpc) is 2.54. The van der Waals surface area contributed by atoms with E-state index in [2.05, 4.69) is 4.98 Å². The van der Waals surface area contributed by atoms with E-state index < -0.39 is 5.54 Å². The molecule has 2 aromatic carbocycles. The van der Waals surface area contributed by atoms with Crippen molar-refractivity contribution in [1.29, 1.82) is 0 Å². The van der Waals surface area contributed by atoms with Gasteiger partial charge in [0.05, 0.1) is 5.54 Å². The molecule has 0 amide bonds. The van der Waals surface area contributed by atoms with E-state index in [0.29, 0.717) is 12.0 Å². The molecule has 1 heterocycles. The smallest absolute Gasteiger partial charge is 0.128 e. The van der Waals surface area contributed by atoms with E-state index in [-0.39, 0.29) is 5.82 Å². The monoisotopic (exact) mass is 280 g/mol. The topological polar surface area (TPSA) is 38.9 Å². The molecule has 0 fully saturated rings. The summed E-state index contributed by atoms with van der Waals surface area (Å²) in [6.45, 7) is 1.98. The number of benzene rings is 2. The predicted molar refractivity (Wildman–Crippen MR) is 83.4 cm³/mol. The average molecular weight is 280 g/mol. The second-order valence-electron chi connectivity index (χ2n) is 5.21. The summed E-state index contributed by atoms with van der Waals surface area (Å²) in [6.07, 6.45) is 4.15. The lowest BCUT2D eigenvalue weighted by atomic mass is 9.79. The van der Waals surface area contributed by atoms with Gasteiger partial charge in [0.25, 0.3) is 0 Å². The van der Waals surface area contributed by atoms with Crippen molar-refractivity contribution in [3.63, 3.8) is 0 Å². The zero-order valence-electron chi connectivity index (χ0n) is 11.9. The Morgan fingerprint density at radius 1 is 1.05 bits per heavy atom. The third-order valence-electron chi connectivity index (χ3n) is 4.07. The third kappa shape index (κ3) is 2.20. The predicted octanol–water partition coefficient (Wildman–Crippen LogP) is 3.99. The summed E-state index contributed by atoms with van der Waals surface area (Å²) in [7, 11) is 0. The number of rotatable bonds is 3. The highest BCUT2D eigenvalue weighted by Crippen LogP contribution is 2.35. The fourth-order valence-electron chi connectivity index (χ4n) is 2.86. The minimum Gasteiger partial charge on any atom is -0.318 e. The zero-order chi connectivity index (χ0) is 14.9. The molecule has 0 aliphatic rings. The van der Waals surface area contributed by atoms with E-state index in [1.807, 2.05) is 37.3 Å². The number of nitrogens with zero attached hydrogens (tertiary/aromatic N) is 1. The maximum Gasteiger partial charge on any atom is 0.128 e. The Morgan fingerprint density at radius 3 is 2.57 bits per heavy atom. The van der Waals surface area contributed by atoms with Crippen molar-refractivity contribution in [2.24, 2.45) is 5.73 Å². The molecule has 0 saturated carbocycles. The highest BCUT2D eigenvalue weighted by Gasteiger charge is 2.31. The van der Waals surface area contributed by atoms with Crippen molar-refractivity contribution >= 4 is 10.8 Å². The molecule has 2 N–H and O–H groups in total. The van der Waals surface area contributed by atoms with Crippen molar-refractivity contribution in [3.05, 3.63) is 77.9 Å². The van der Waals surface area contributed by atoms with Crippen LogP contribution in [0.4, 0.5) is 4.39 Å². The van der Waals surface area contributed by atoms with Crippen LogP contribution >= 0.6 is 0 Å². The van der Waals surface area contributed by atoms with Crippen LogP contribution in [0.1, 0.15) is 24.5 Å². The molecule has 3 heteroatoms. The van der Waals surface area contributed by atoms with Gasteiger partial charge in [-0.05, 0) is 29.5 Å². The van der Waals surface area contributed by atoms with Crippen LogP contribution in [0, 0.1) is 5.82 Å². The van der Waals surface area contributed by atoms with Gasteiger partial charge in [0.15, 0.2) is 0 Å². The third-order valence-corrected chi connectivity index (χ3v) is 4.07. The lowest BCUT2D eigenvalue weighted by Crippen LogP contribution is -2.38. The van der Waals surface area contributed by atoms with Crippen molar-refractivity contribution < 1.29 is 4.39 Å². The maximum atomic E-state index is 14.3. The van der Waals surface area contributed by atoms with E-state index in [4.69, 9.17) is 5.73 Å². The van der Waals surface area contributed by atoms with E-state index in [1.54, 1.807) is 24.5 Å². The van der Waals surface area contributed by atoms with Gasteiger partial charge in [0.2, 0.25) is 0 Å². The summed E-state index contributed by atoms with van der Waals surface area (Å²) < 4.78 is 14.3. The normalized spacial score (nSPS) is 14.0. The molecule has 0 spiro atoms. The quantitative estimate of drug-likeness (QED) is 0.788. The van der Waals surface area contributed by atoms with Crippen molar-refractivity contribution in [3.8, 4) is 0 Å². The number of pyridine rings is 1. The summed E-state index contributed by atoms with van der Waals surface area (Å²) in [5.41, 5.74) is 7.24. The fraction of sp³-hybridized carbons (Fsp3) is 0.167. The SMILES string of the molecule is CCC(N)(c1ccccc1F)c1cccc2cnccc12. The minimum absolute atomic E-state index is 0.270. The van der Waals surface area contributed by atoms with Gasteiger partial charge in [-0.25, -0.2) is 4.39 Å². The van der Waals surface area contributed by atoms with Crippen molar-refractivity contribution in [2.75, 3.05) is 0 Å². The number of nitrogens with two attached hydrogens (primary N) is 1. The highest BCUT2D eigenvalue weighted by molar-refractivity contribution is 5.86. The van der Waals surface area contributed by atoms with Gasteiger partial charge < -0.3 is 5.73 Å². The molecule has 1 atom stereocenters. The zero-order valence-corrected chi connectivity index (χ0v) is 11.9. The fourth-order valence-corrected chi connectivity index (χ4v) is 2.86. The molecule has 0 aliphatic carbocycles. The van der Waals surface area contributed by atoms with Gasteiger partial charge in [-0.3, -0.25) is 4.98 Å². The molecular weight excluding hydrogens is 263 g/mol. The molecule has 3 aromatic rings. The van der Waals surface area contributed by atoms with Gasteiger partial charge in [-0.2, -0.15) is 0 Å². The number of halogens is 1. The molecule has 1 unspecified atom stereocenters. The van der Waals surface area contributed by atoms with E-state index in [9.17, 15) is 4.39 Å². The second-order valence-corrected chi connectivity index (χ2v) is 5.21. The Balaban J connectivity index is 2.30. The Morgan fingerprint density at radius 2 is 1.81 bits per heavy atom. The maximum absolute atomic E-state index is 14.3. The van der Waals surface area contributed by atoms with Crippen molar-refractivity contribution in [1.82, 2.24) is 4.98 Å². The molecule has 0 aliphatic heterocycles. The first-order valence-electron chi connectivity index (χ1n) is 7.04. The van der Waals surface area contributed by atoms with Crippen LogP contribution in [0.3, 0.4) is 0 Å². The number of hydrogen-bond donors (Lipinski definition) is 1. The van der Waals surface area contributed by atoms with Gasteiger partial charge >= 0.3 is 0 Å². The van der Waals surface area contributed by atoms with E-state index in [1.165, 1.54) is 6.07 Å². The van der Waals surface area contributed by atoms with Crippen LogP contribution < -0.4 is 5.73 Å². The molecule has 3 rings (SSSR count). The molecule has 106 valence electrons. The van der Waals surface area contributed by atoms with E-state index >= 15 is 0 Å². The van der Waals surface area contributed by atoms with Gasteiger partial charge in [0.1, 0.15) is 5.82 Å². The van der Waals surface area contributed by atoms with Gasteiger partial charge in [-0.15, -0.1) is 0 Å². The molecule has 0 saturated heterocycles. The van der Waals surface area contributed by atoms with Crippen LogP contribution in [0.5, 0.6) is 0 Å². The Bertz CT molecular complexity index is 780. The first-order chi connectivity index (χ1) is 10.2. The Kier molecular flexibility index (Phi) is 3.43. The molecule has 1 aromatic heterocycles. The lowest BCUT2D eigenvalue weighted by molar-refractivity contribution is 0.482. The van der Waals surface area contributed by atoms with Crippen LogP contribution in [0.25, 0.3) is 10.8 Å². The number of aromatic nitrogens is 1. The Hall–Kier alpha value is -2.26. The molecule has 0 radical (unpaired) electrons. The van der Waals surface area contributed by atoms with Crippen LogP contribution in [0.15, 0.2) is 60.9 Å². The first-order valence-corrected chi connectivity index (χ1v) is 7.04. The largest absolute Gasteiger partial charge is 0.318 e. The number of hydrogen-bond acceptors (Lipinski definition) is 2. The molecular formula is C18H17FN2.